The summed E-state index contributed by atoms with van der Waals surface area (Å²) in [7, 11) is 0. The first-order valence-electron chi connectivity index (χ1n) is 7.49. The van der Waals surface area contributed by atoms with Gasteiger partial charge in [-0.25, -0.2) is 0 Å². The summed E-state index contributed by atoms with van der Waals surface area (Å²) in [6, 6.07) is 18.2. The summed E-state index contributed by atoms with van der Waals surface area (Å²) in [5.74, 6) is -0.186. The van der Waals surface area contributed by atoms with Gasteiger partial charge in [-0.3, -0.25) is 4.79 Å². The van der Waals surface area contributed by atoms with Gasteiger partial charge >= 0.3 is 0 Å². The average Bonchev–Trinajstić information content (AvgIpc) is 3.03. The summed E-state index contributed by atoms with van der Waals surface area (Å²) >= 11 is 5.00. The van der Waals surface area contributed by atoms with Crippen molar-refractivity contribution in [1.29, 1.82) is 0 Å². The second-order valence-corrected chi connectivity index (χ2v) is 5.45. The lowest BCUT2D eigenvalue weighted by Gasteiger charge is -2.07. The van der Waals surface area contributed by atoms with Crippen LogP contribution in [0.25, 0.3) is 11.8 Å². The minimum absolute atomic E-state index is 0.0189. The van der Waals surface area contributed by atoms with Gasteiger partial charge in [-0.15, -0.1) is 5.10 Å². The lowest BCUT2D eigenvalue weighted by Crippen LogP contribution is -2.22. The van der Waals surface area contributed by atoms with Gasteiger partial charge in [0.1, 0.15) is 12.4 Å². The minimum atomic E-state index is -0.409. The summed E-state index contributed by atoms with van der Waals surface area (Å²) in [5, 5.41) is 16.1. The highest BCUT2D eigenvalue weighted by atomic mass is 32.1. The predicted molar refractivity (Wildman–Crippen MR) is 95.8 cm³/mol. The third-order valence-electron chi connectivity index (χ3n) is 3.37. The van der Waals surface area contributed by atoms with Crippen LogP contribution >= 0.6 is 12.2 Å². The molecule has 1 aromatic heterocycles. The van der Waals surface area contributed by atoms with E-state index in [9.17, 15) is 9.90 Å². The molecule has 6 nitrogen and oxygen atoms in total. The van der Waals surface area contributed by atoms with Gasteiger partial charge in [0.2, 0.25) is 0 Å². The number of carbonyl (C=O) groups excluding carboxylic acids is 1. The van der Waals surface area contributed by atoms with Crippen molar-refractivity contribution >= 4 is 29.9 Å². The fourth-order valence-electron chi connectivity index (χ4n) is 2.16. The lowest BCUT2D eigenvalue weighted by molar-refractivity contribution is 0.0973. The maximum absolute atomic E-state index is 12.5. The zero-order chi connectivity index (χ0) is 17.6. The predicted octanol–water partition coefficient (Wildman–Crippen LogP) is 3.08. The summed E-state index contributed by atoms with van der Waals surface area (Å²) in [6.45, 7) is -0.409. The van der Waals surface area contributed by atoms with E-state index in [1.54, 1.807) is 30.3 Å². The van der Waals surface area contributed by atoms with Crippen LogP contribution < -0.4 is 5.32 Å². The quantitative estimate of drug-likeness (QED) is 0.689. The molecule has 0 fully saturated rings. The number of aliphatic hydroxyl groups excluding tert-OH is 1. The first kappa shape index (κ1) is 16.8. The molecule has 2 N–H and O–H groups in total. The molecule has 25 heavy (non-hydrogen) atoms. The molecular formula is C18H15N3O3S. The van der Waals surface area contributed by atoms with E-state index in [1.165, 1.54) is 0 Å². The molecule has 0 unspecified atom stereocenters. The maximum Gasteiger partial charge on any atom is 0.289 e. The molecule has 3 rings (SSSR count). The summed E-state index contributed by atoms with van der Waals surface area (Å²) < 4.78 is 6.52. The van der Waals surface area contributed by atoms with Crippen molar-refractivity contribution in [3.05, 3.63) is 82.5 Å². The topological polar surface area (TPSA) is 80.3 Å². The maximum atomic E-state index is 12.5. The van der Waals surface area contributed by atoms with Crippen LogP contribution in [0.15, 0.2) is 65.1 Å². The monoisotopic (exact) mass is 353 g/mol. The lowest BCUT2D eigenvalue weighted by atomic mass is 10.1. The number of aromatic nitrogens is 2. The van der Waals surface area contributed by atoms with Crippen molar-refractivity contribution in [3.63, 3.8) is 0 Å². The van der Waals surface area contributed by atoms with Crippen LogP contribution in [-0.4, -0.2) is 20.8 Å². The van der Waals surface area contributed by atoms with Gasteiger partial charge in [0.05, 0.1) is 0 Å². The number of amides is 1. The molecule has 1 amide bonds. The van der Waals surface area contributed by atoms with E-state index in [1.807, 2.05) is 36.4 Å². The van der Waals surface area contributed by atoms with Gasteiger partial charge in [0, 0.05) is 5.56 Å². The Hall–Kier alpha value is -3.03. The molecule has 0 aliphatic carbocycles. The molecular weight excluding hydrogens is 338 g/mol. The number of nitrogens with zero attached hydrogens (tertiary/aromatic N) is 2. The van der Waals surface area contributed by atoms with Crippen LogP contribution in [-0.2, 0) is 6.73 Å². The minimum Gasteiger partial charge on any atom is -0.408 e. The molecule has 0 bridgehead atoms. The summed E-state index contributed by atoms with van der Waals surface area (Å²) in [6.07, 6.45) is 1.73. The van der Waals surface area contributed by atoms with Crippen molar-refractivity contribution < 1.29 is 14.3 Å². The Kier molecular flexibility index (Phi) is 5.17. The van der Waals surface area contributed by atoms with E-state index < -0.39 is 6.73 Å². The van der Waals surface area contributed by atoms with Crippen LogP contribution in [0.4, 0.5) is 0 Å². The first-order valence-corrected chi connectivity index (χ1v) is 7.90. The second kappa shape index (κ2) is 7.69. The van der Waals surface area contributed by atoms with Gasteiger partial charge < -0.3 is 14.8 Å². The van der Waals surface area contributed by atoms with E-state index in [4.69, 9.17) is 16.6 Å². The molecule has 0 radical (unpaired) electrons. The number of carbonyl (C=O) groups is 1. The molecule has 0 spiro atoms. The zero-order valence-electron chi connectivity index (χ0n) is 13.1. The Morgan fingerprint density at radius 1 is 1.16 bits per heavy atom. The van der Waals surface area contributed by atoms with Crippen molar-refractivity contribution in [2.45, 2.75) is 6.73 Å². The number of hydrogen-bond donors (Lipinski definition) is 2. The summed E-state index contributed by atoms with van der Waals surface area (Å²) in [5.41, 5.74) is 1.70. The normalized spacial score (nSPS) is 11.3. The number of nitrogens with one attached hydrogen (secondary N) is 1. The van der Waals surface area contributed by atoms with Crippen molar-refractivity contribution in [1.82, 2.24) is 15.1 Å². The molecule has 0 aliphatic heterocycles. The average molecular weight is 353 g/mol. The standard InChI is InChI=1S/C18H15N3O3S/c22-12-21-18(25)24-17(20-21)15(11-13-7-3-1-4-8-13)19-16(23)14-9-5-2-6-10-14/h1-11,22H,12H2,(H,19,23)/b15-11-. The number of aliphatic hydroxyl groups is 1. The molecule has 0 saturated carbocycles. The molecule has 0 aliphatic rings. The van der Waals surface area contributed by atoms with Crippen LogP contribution in [0.2, 0.25) is 0 Å². The van der Waals surface area contributed by atoms with E-state index in [-0.39, 0.29) is 16.6 Å². The van der Waals surface area contributed by atoms with Gasteiger partial charge in [0.25, 0.3) is 16.6 Å². The number of hydrogen-bond acceptors (Lipinski definition) is 5. The molecule has 3 aromatic rings. The molecule has 0 saturated heterocycles. The van der Waals surface area contributed by atoms with Crippen molar-refractivity contribution in [2.75, 3.05) is 0 Å². The molecule has 2 aromatic carbocycles. The van der Waals surface area contributed by atoms with Crippen LogP contribution in [0.3, 0.4) is 0 Å². The van der Waals surface area contributed by atoms with Crippen LogP contribution in [0.1, 0.15) is 21.8 Å². The zero-order valence-corrected chi connectivity index (χ0v) is 13.9. The van der Waals surface area contributed by atoms with E-state index in [0.29, 0.717) is 11.3 Å². The Bertz CT molecular complexity index is 946. The van der Waals surface area contributed by atoms with Crippen molar-refractivity contribution in [2.24, 2.45) is 0 Å². The Labute approximate surface area is 149 Å². The molecule has 126 valence electrons. The largest absolute Gasteiger partial charge is 0.408 e. The fraction of sp³-hybridized carbons (Fsp3) is 0.0556. The molecule has 1 heterocycles. The second-order valence-electron chi connectivity index (χ2n) is 5.10. The Morgan fingerprint density at radius 2 is 1.80 bits per heavy atom. The van der Waals surface area contributed by atoms with Gasteiger partial charge in [-0.1, -0.05) is 48.5 Å². The third-order valence-corrected chi connectivity index (χ3v) is 3.66. The Morgan fingerprint density at radius 3 is 2.40 bits per heavy atom. The highest BCUT2D eigenvalue weighted by Crippen LogP contribution is 2.16. The van der Waals surface area contributed by atoms with Crippen molar-refractivity contribution in [3.8, 4) is 0 Å². The highest BCUT2D eigenvalue weighted by Gasteiger charge is 2.15. The smallest absolute Gasteiger partial charge is 0.289 e. The number of benzene rings is 2. The third kappa shape index (κ3) is 4.09. The highest BCUT2D eigenvalue weighted by molar-refractivity contribution is 7.71. The fourth-order valence-corrected chi connectivity index (χ4v) is 2.33. The molecule has 0 atom stereocenters. The van der Waals surface area contributed by atoms with Crippen LogP contribution in [0, 0.1) is 4.84 Å². The summed E-state index contributed by atoms with van der Waals surface area (Å²) in [4.78, 5) is 12.5. The molecule has 7 heteroatoms. The van der Waals surface area contributed by atoms with E-state index in [2.05, 4.69) is 10.4 Å². The first-order chi connectivity index (χ1) is 12.2. The van der Waals surface area contributed by atoms with E-state index in [0.717, 1.165) is 10.2 Å². The van der Waals surface area contributed by atoms with Gasteiger partial charge in [-0.2, -0.15) is 4.68 Å². The van der Waals surface area contributed by atoms with Gasteiger partial charge in [0.15, 0.2) is 0 Å². The SMILES string of the molecule is O=C(N/C(=C\c1ccccc1)c1nn(CO)c(=S)o1)c1ccccc1. The number of rotatable bonds is 5. The van der Waals surface area contributed by atoms with Gasteiger partial charge in [-0.05, 0) is 36.0 Å². The van der Waals surface area contributed by atoms with Crippen LogP contribution in [0.5, 0.6) is 0 Å². The van der Waals surface area contributed by atoms with E-state index >= 15 is 0 Å². The Balaban J connectivity index is 1.98.